The van der Waals surface area contributed by atoms with Crippen LogP contribution in [0.3, 0.4) is 0 Å². The van der Waals surface area contributed by atoms with Gasteiger partial charge in [-0.3, -0.25) is 0 Å². The van der Waals surface area contributed by atoms with Gasteiger partial charge in [0.2, 0.25) is 0 Å². The van der Waals surface area contributed by atoms with E-state index >= 15 is 0 Å². The Morgan fingerprint density at radius 1 is 1.25 bits per heavy atom. The average molecular weight is 239 g/mol. The predicted molar refractivity (Wildman–Crippen MR) is 68.7 cm³/mol. The highest BCUT2D eigenvalue weighted by atomic mass is 35.5. The molecule has 0 atom stereocenters. The molecule has 0 aliphatic heterocycles. The van der Waals surface area contributed by atoms with Gasteiger partial charge in [-0.2, -0.15) is 0 Å². The van der Waals surface area contributed by atoms with Crippen molar-refractivity contribution < 1.29 is 4.74 Å². The predicted octanol–water partition coefficient (Wildman–Crippen LogP) is 4.52. The van der Waals surface area contributed by atoms with Gasteiger partial charge in [0.1, 0.15) is 5.75 Å². The van der Waals surface area contributed by atoms with Crippen molar-refractivity contribution in [3.05, 3.63) is 28.3 Å². The lowest BCUT2D eigenvalue weighted by atomic mass is 9.85. The second kappa shape index (κ2) is 3.96. The summed E-state index contributed by atoms with van der Waals surface area (Å²) >= 11 is 6.29. The zero-order chi connectivity index (χ0) is 11.9. The summed E-state index contributed by atoms with van der Waals surface area (Å²) in [5.74, 6) is 1.58. The van der Waals surface area contributed by atoms with Crippen LogP contribution in [0.4, 0.5) is 0 Å². The van der Waals surface area contributed by atoms with Crippen molar-refractivity contribution >= 4 is 11.6 Å². The van der Waals surface area contributed by atoms with E-state index < -0.39 is 0 Å². The Morgan fingerprint density at radius 2 is 1.88 bits per heavy atom. The van der Waals surface area contributed by atoms with Crippen molar-refractivity contribution in [3.63, 3.8) is 0 Å². The minimum atomic E-state index is 0.0968. The normalized spacial score (nSPS) is 16.3. The highest BCUT2D eigenvalue weighted by Gasteiger charge is 2.29. The highest BCUT2D eigenvalue weighted by Crippen LogP contribution is 2.46. The molecular formula is C14H19ClO. The lowest BCUT2D eigenvalue weighted by Gasteiger charge is -2.23. The van der Waals surface area contributed by atoms with Gasteiger partial charge in [-0.05, 0) is 47.4 Å². The molecule has 0 unspecified atom stereocenters. The maximum absolute atomic E-state index is 6.29. The Bertz CT molecular complexity index is 400. The fourth-order valence-electron chi connectivity index (χ4n) is 2.03. The zero-order valence-corrected chi connectivity index (χ0v) is 11.2. The van der Waals surface area contributed by atoms with Crippen molar-refractivity contribution in [1.82, 2.24) is 0 Å². The van der Waals surface area contributed by atoms with E-state index in [2.05, 4.69) is 26.8 Å². The molecule has 2 rings (SSSR count). The van der Waals surface area contributed by atoms with E-state index in [1.54, 1.807) is 7.11 Å². The lowest BCUT2D eigenvalue weighted by Crippen LogP contribution is -2.13. The molecule has 0 amide bonds. The fourth-order valence-corrected chi connectivity index (χ4v) is 2.34. The molecule has 1 aromatic rings. The number of benzene rings is 1. The first-order valence-corrected chi connectivity index (χ1v) is 6.19. The van der Waals surface area contributed by atoms with Gasteiger partial charge in [-0.15, -0.1) is 0 Å². The molecule has 16 heavy (non-hydrogen) atoms. The van der Waals surface area contributed by atoms with E-state index in [1.807, 2.05) is 6.07 Å². The van der Waals surface area contributed by atoms with Gasteiger partial charge in [0.05, 0.1) is 7.11 Å². The van der Waals surface area contributed by atoms with Crippen molar-refractivity contribution in [2.24, 2.45) is 0 Å². The lowest BCUT2D eigenvalue weighted by molar-refractivity contribution is 0.397. The Kier molecular flexibility index (Phi) is 2.91. The number of hydrogen-bond donors (Lipinski definition) is 0. The van der Waals surface area contributed by atoms with Crippen LogP contribution in [0, 0.1) is 0 Å². The van der Waals surface area contributed by atoms with E-state index in [1.165, 1.54) is 24.0 Å². The third-order valence-corrected chi connectivity index (χ3v) is 3.47. The SMILES string of the molecule is COc1cc(Cl)c(C2CC2)cc1C(C)(C)C. The monoisotopic (exact) mass is 238 g/mol. The summed E-state index contributed by atoms with van der Waals surface area (Å²) in [4.78, 5) is 0. The summed E-state index contributed by atoms with van der Waals surface area (Å²) in [6.45, 7) is 6.61. The number of hydrogen-bond acceptors (Lipinski definition) is 1. The van der Waals surface area contributed by atoms with E-state index in [9.17, 15) is 0 Å². The summed E-state index contributed by atoms with van der Waals surface area (Å²) in [6, 6.07) is 4.20. The summed E-state index contributed by atoms with van der Waals surface area (Å²) < 4.78 is 5.42. The Balaban J connectivity index is 2.52. The molecule has 1 aromatic carbocycles. The first kappa shape index (κ1) is 11.8. The van der Waals surface area contributed by atoms with Crippen molar-refractivity contribution in [2.75, 3.05) is 7.11 Å². The van der Waals surface area contributed by atoms with Crippen LogP contribution in [0.15, 0.2) is 12.1 Å². The maximum atomic E-state index is 6.29. The van der Waals surface area contributed by atoms with Crippen LogP contribution in [-0.4, -0.2) is 7.11 Å². The molecule has 0 bridgehead atoms. The van der Waals surface area contributed by atoms with E-state index in [4.69, 9.17) is 16.3 Å². The molecular weight excluding hydrogens is 220 g/mol. The third-order valence-electron chi connectivity index (χ3n) is 3.14. The van der Waals surface area contributed by atoms with Crippen molar-refractivity contribution in [2.45, 2.75) is 44.9 Å². The van der Waals surface area contributed by atoms with Crippen LogP contribution >= 0.6 is 11.6 Å². The van der Waals surface area contributed by atoms with Gasteiger partial charge in [0.25, 0.3) is 0 Å². The van der Waals surface area contributed by atoms with Crippen LogP contribution in [0.5, 0.6) is 5.75 Å². The molecule has 1 fully saturated rings. The summed E-state index contributed by atoms with van der Waals surface area (Å²) in [7, 11) is 1.71. The largest absolute Gasteiger partial charge is 0.496 e. The van der Waals surface area contributed by atoms with Gasteiger partial charge >= 0.3 is 0 Å². The first-order valence-electron chi connectivity index (χ1n) is 5.81. The standard InChI is InChI=1S/C14H19ClO/c1-14(2,3)11-7-10(9-5-6-9)12(15)8-13(11)16-4/h7-9H,5-6H2,1-4H3. The number of halogens is 1. The number of rotatable bonds is 2. The van der Waals surface area contributed by atoms with Crippen molar-refractivity contribution in [3.8, 4) is 5.75 Å². The molecule has 1 nitrogen and oxygen atoms in total. The molecule has 88 valence electrons. The molecule has 2 heteroatoms. The summed E-state index contributed by atoms with van der Waals surface area (Å²) in [5.41, 5.74) is 2.65. The molecule has 1 aliphatic carbocycles. The molecule has 0 heterocycles. The summed E-state index contributed by atoms with van der Waals surface area (Å²) in [5, 5.41) is 0.854. The molecule has 0 spiro atoms. The van der Waals surface area contributed by atoms with Crippen molar-refractivity contribution in [1.29, 1.82) is 0 Å². The second-order valence-electron chi connectivity index (χ2n) is 5.60. The first-order chi connectivity index (χ1) is 7.43. The summed E-state index contributed by atoms with van der Waals surface area (Å²) in [6.07, 6.45) is 2.55. The van der Waals surface area contributed by atoms with E-state index in [0.717, 1.165) is 10.8 Å². The molecule has 0 saturated heterocycles. The molecule has 0 radical (unpaired) electrons. The van der Waals surface area contributed by atoms with E-state index in [0.29, 0.717) is 5.92 Å². The Labute approximate surface area is 103 Å². The van der Waals surface area contributed by atoms with Gasteiger partial charge in [-0.25, -0.2) is 0 Å². The maximum Gasteiger partial charge on any atom is 0.124 e. The molecule has 1 saturated carbocycles. The van der Waals surface area contributed by atoms with Crippen LogP contribution in [-0.2, 0) is 5.41 Å². The second-order valence-corrected chi connectivity index (χ2v) is 6.01. The van der Waals surface area contributed by atoms with Crippen LogP contribution in [0.1, 0.15) is 50.7 Å². The third kappa shape index (κ3) is 2.20. The number of ether oxygens (including phenoxy) is 1. The average Bonchev–Trinajstić information content (AvgIpc) is 2.98. The minimum absolute atomic E-state index is 0.0968. The molecule has 0 aromatic heterocycles. The number of methoxy groups -OCH3 is 1. The van der Waals surface area contributed by atoms with Gasteiger partial charge in [-0.1, -0.05) is 32.4 Å². The zero-order valence-electron chi connectivity index (χ0n) is 10.4. The Morgan fingerprint density at radius 3 is 2.31 bits per heavy atom. The molecule has 0 N–H and O–H groups in total. The fraction of sp³-hybridized carbons (Fsp3) is 0.571. The van der Waals surface area contributed by atoms with Crippen LogP contribution in [0.25, 0.3) is 0 Å². The van der Waals surface area contributed by atoms with Gasteiger partial charge < -0.3 is 4.74 Å². The van der Waals surface area contributed by atoms with E-state index in [-0.39, 0.29) is 5.41 Å². The smallest absolute Gasteiger partial charge is 0.124 e. The van der Waals surface area contributed by atoms with Crippen LogP contribution < -0.4 is 4.74 Å². The highest BCUT2D eigenvalue weighted by molar-refractivity contribution is 6.31. The topological polar surface area (TPSA) is 9.23 Å². The van der Waals surface area contributed by atoms with Gasteiger partial charge in [0, 0.05) is 5.02 Å². The quantitative estimate of drug-likeness (QED) is 0.736. The van der Waals surface area contributed by atoms with Crippen LogP contribution in [0.2, 0.25) is 5.02 Å². The molecule has 1 aliphatic rings. The Hall–Kier alpha value is -0.690. The van der Waals surface area contributed by atoms with Gasteiger partial charge in [0.15, 0.2) is 0 Å². The minimum Gasteiger partial charge on any atom is -0.496 e.